The van der Waals surface area contributed by atoms with Gasteiger partial charge in [-0.2, -0.15) is 0 Å². The Morgan fingerprint density at radius 3 is 2.65 bits per heavy atom. The predicted octanol–water partition coefficient (Wildman–Crippen LogP) is 5.37. The number of hydrogen-bond donors (Lipinski definition) is 1. The maximum absolute atomic E-state index is 6.01. The van der Waals surface area contributed by atoms with Crippen LogP contribution in [0.2, 0.25) is 10.0 Å². The van der Waals surface area contributed by atoms with Crippen molar-refractivity contribution in [3.8, 4) is 0 Å². The highest BCUT2D eigenvalue weighted by Crippen LogP contribution is 2.28. The van der Waals surface area contributed by atoms with Crippen molar-refractivity contribution in [2.24, 2.45) is 5.92 Å². The minimum absolute atomic E-state index is 0.581. The monoisotopic (exact) mass is 271 g/mol. The first kappa shape index (κ1) is 13.0. The van der Waals surface area contributed by atoms with Crippen LogP contribution in [-0.4, -0.2) is 6.04 Å². The molecule has 0 heterocycles. The fourth-order valence-electron chi connectivity index (χ4n) is 2.45. The molecule has 3 heteroatoms. The molecular weight excluding hydrogens is 253 g/mol. The van der Waals surface area contributed by atoms with Gasteiger partial charge in [0.05, 0.1) is 10.0 Å². The van der Waals surface area contributed by atoms with Gasteiger partial charge in [0.25, 0.3) is 0 Å². The molecule has 0 amide bonds. The van der Waals surface area contributed by atoms with Crippen LogP contribution in [0, 0.1) is 5.92 Å². The average Bonchev–Trinajstić information content (AvgIpc) is 2.49. The van der Waals surface area contributed by atoms with E-state index < -0.39 is 0 Å². The molecule has 2 rings (SSSR count). The van der Waals surface area contributed by atoms with Crippen LogP contribution in [0.4, 0.5) is 5.69 Å². The highest BCUT2D eigenvalue weighted by molar-refractivity contribution is 6.42. The predicted molar refractivity (Wildman–Crippen MR) is 76.1 cm³/mol. The molecular formula is C14H19Cl2N. The average molecular weight is 272 g/mol. The second-order valence-electron chi connectivity index (χ2n) is 5.08. The standard InChI is InChI=1S/C14H19Cl2N/c1-10-3-2-4-11(6-5-10)17-12-7-8-13(15)14(16)9-12/h7-11,17H,2-6H2,1H3. The van der Waals surface area contributed by atoms with Crippen LogP contribution in [0.15, 0.2) is 18.2 Å². The van der Waals surface area contributed by atoms with Gasteiger partial charge in [-0.25, -0.2) is 0 Å². The molecule has 1 aliphatic carbocycles. The molecule has 2 atom stereocenters. The van der Waals surface area contributed by atoms with E-state index in [1.807, 2.05) is 18.2 Å². The van der Waals surface area contributed by atoms with Crippen LogP contribution in [0.25, 0.3) is 0 Å². The molecule has 1 aromatic rings. The summed E-state index contributed by atoms with van der Waals surface area (Å²) in [5, 5.41) is 4.81. The molecule has 1 aliphatic rings. The zero-order valence-electron chi connectivity index (χ0n) is 10.2. The molecule has 1 aromatic carbocycles. The van der Waals surface area contributed by atoms with Crippen molar-refractivity contribution >= 4 is 28.9 Å². The number of benzene rings is 1. The maximum Gasteiger partial charge on any atom is 0.0612 e. The van der Waals surface area contributed by atoms with Gasteiger partial charge in [-0.3, -0.25) is 0 Å². The number of hydrogen-bond acceptors (Lipinski definition) is 1. The lowest BCUT2D eigenvalue weighted by Gasteiger charge is -2.18. The summed E-state index contributed by atoms with van der Waals surface area (Å²) < 4.78 is 0. The molecule has 1 fully saturated rings. The molecule has 0 radical (unpaired) electrons. The van der Waals surface area contributed by atoms with Gasteiger partial charge in [0.1, 0.15) is 0 Å². The summed E-state index contributed by atoms with van der Waals surface area (Å²) in [6.45, 7) is 2.35. The molecule has 0 aliphatic heterocycles. The fourth-order valence-corrected chi connectivity index (χ4v) is 2.75. The highest BCUT2D eigenvalue weighted by atomic mass is 35.5. The topological polar surface area (TPSA) is 12.0 Å². The van der Waals surface area contributed by atoms with E-state index in [2.05, 4.69) is 12.2 Å². The normalized spacial score (nSPS) is 25.4. The Balaban J connectivity index is 1.97. The Bertz CT molecular complexity index is 378. The van der Waals surface area contributed by atoms with Gasteiger partial charge in [-0.05, 0) is 43.4 Å². The summed E-state index contributed by atoms with van der Waals surface area (Å²) in [6, 6.07) is 6.35. The van der Waals surface area contributed by atoms with E-state index in [4.69, 9.17) is 23.2 Å². The third-order valence-corrected chi connectivity index (χ3v) is 4.29. The van der Waals surface area contributed by atoms with Crippen molar-refractivity contribution in [2.75, 3.05) is 5.32 Å². The van der Waals surface area contributed by atoms with E-state index in [1.54, 1.807) is 0 Å². The third-order valence-electron chi connectivity index (χ3n) is 3.55. The minimum Gasteiger partial charge on any atom is -0.382 e. The van der Waals surface area contributed by atoms with Gasteiger partial charge in [0, 0.05) is 11.7 Å². The lowest BCUT2D eigenvalue weighted by Crippen LogP contribution is -2.18. The first-order valence-corrected chi connectivity index (χ1v) is 7.12. The van der Waals surface area contributed by atoms with Crippen molar-refractivity contribution in [1.29, 1.82) is 0 Å². The lowest BCUT2D eigenvalue weighted by molar-refractivity contribution is 0.502. The summed E-state index contributed by atoms with van der Waals surface area (Å²) in [6.07, 6.45) is 6.50. The molecule has 1 nitrogen and oxygen atoms in total. The second-order valence-corrected chi connectivity index (χ2v) is 5.90. The zero-order chi connectivity index (χ0) is 12.3. The first-order chi connectivity index (χ1) is 8.15. The Labute approximate surface area is 114 Å². The zero-order valence-corrected chi connectivity index (χ0v) is 11.7. The Morgan fingerprint density at radius 1 is 1.06 bits per heavy atom. The van der Waals surface area contributed by atoms with Crippen LogP contribution in [0.3, 0.4) is 0 Å². The summed E-state index contributed by atoms with van der Waals surface area (Å²) in [5.41, 5.74) is 1.08. The number of nitrogens with one attached hydrogen (secondary N) is 1. The molecule has 1 N–H and O–H groups in total. The number of anilines is 1. The molecule has 94 valence electrons. The van der Waals surface area contributed by atoms with E-state index in [0.717, 1.165) is 11.6 Å². The van der Waals surface area contributed by atoms with Crippen LogP contribution < -0.4 is 5.32 Å². The Kier molecular flexibility index (Phi) is 4.58. The van der Waals surface area contributed by atoms with Crippen molar-refractivity contribution < 1.29 is 0 Å². The number of rotatable bonds is 2. The largest absolute Gasteiger partial charge is 0.382 e. The molecule has 0 saturated heterocycles. The molecule has 0 aromatic heterocycles. The van der Waals surface area contributed by atoms with Gasteiger partial charge >= 0.3 is 0 Å². The summed E-state index contributed by atoms with van der Waals surface area (Å²) in [5.74, 6) is 0.871. The quantitative estimate of drug-likeness (QED) is 0.713. The van der Waals surface area contributed by atoms with Crippen molar-refractivity contribution in [2.45, 2.75) is 45.1 Å². The van der Waals surface area contributed by atoms with E-state index >= 15 is 0 Å². The minimum atomic E-state index is 0.581. The van der Waals surface area contributed by atoms with Gasteiger partial charge < -0.3 is 5.32 Å². The maximum atomic E-state index is 6.01. The van der Waals surface area contributed by atoms with Crippen molar-refractivity contribution in [1.82, 2.24) is 0 Å². The Hall–Kier alpha value is -0.400. The van der Waals surface area contributed by atoms with Crippen molar-refractivity contribution in [3.63, 3.8) is 0 Å². The molecule has 1 saturated carbocycles. The second kappa shape index (κ2) is 5.97. The van der Waals surface area contributed by atoms with E-state index in [1.165, 1.54) is 32.1 Å². The highest BCUT2D eigenvalue weighted by Gasteiger charge is 2.16. The first-order valence-electron chi connectivity index (χ1n) is 6.37. The SMILES string of the molecule is CC1CCCC(Nc2ccc(Cl)c(Cl)c2)CC1. The van der Waals surface area contributed by atoms with Crippen LogP contribution in [0.1, 0.15) is 39.0 Å². The molecule has 0 bridgehead atoms. The molecule has 0 spiro atoms. The van der Waals surface area contributed by atoms with Crippen LogP contribution in [-0.2, 0) is 0 Å². The van der Waals surface area contributed by atoms with Gasteiger partial charge in [-0.15, -0.1) is 0 Å². The Morgan fingerprint density at radius 2 is 1.88 bits per heavy atom. The van der Waals surface area contributed by atoms with Crippen LogP contribution in [0.5, 0.6) is 0 Å². The van der Waals surface area contributed by atoms with E-state index in [0.29, 0.717) is 16.1 Å². The van der Waals surface area contributed by atoms with E-state index in [9.17, 15) is 0 Å². The molecule has 2 unspecified atom stereocenters. The fraction of sp³-hybridized carbons (Fsp3) is 0.571. The van der Waals surface area contributed by atoms with Crippen molar-refractivity contribution in [3.05, 3.63) is 28.2 Å². The smallest absolute Gasteiger partial charge is 0.0612 e. The van der Waals surface area contributed by atoms with Gasteiger partial charge in [-0.1, -0.05) is 43.0 Å². The van der Waals surface area contributed by atoms with Gasteiger partial charge in [0.15, 0.2) is 0 Å². The molecule has 17 heavy (non-hydrogen) atoms. The third kappa shape index (κ3) is 3.79. The summed E-state index contributed by atoms with van der Waals surface area (Å²) in [4.78, 5) is 0. The summed E-state index contributed by atoms with van der Waals surface area (Å²) in [7, 11) is 0. The van der Waals surface area contributed by atoms with E-state index in [-0.39, 0.29) is 0 Å². The number of halogens is 2. The van der Waals surface area contributed by atoms with Crippen LogP contribution >= 0.6 is 23.2 Å². The van der Waals surface area contributed by atoms with Gasteiger partial charge in [0.2, 0.25) is 0 Å². The summed E-state index contributed by atoms with van der Waals surface area (Å²) >= 11 is 11.9. The lowest BCUT2D eigenvalue weighted by atomic mass is 10.0.